The SMILES string of the molecule is N#Cc1cccnc1Nc1ccc(CCn2cc(Br)cn2)cc1. The first-order valence-corrected chi connectivity index (χ1v) is 7.93. The summed E-state index contributed by atoms with van der Waals surface area (Å²) in [6.07, 6.45) is 6.31. The number of rotatable bonds is 5. The van der Waals surface area contributed by atoms with Crippen molar-refractivity contribution in [3.8, 4) is 6.07 Å². The molecule has 2 heterocycles. The fraction of sp³-hybridized carbons (Fsp3) is 0.118. The highest BCUT2D eigenvalue weighted by Gasteiger charge is 2.03. The fourth-order valence-electron chi connectivity index (χ4n) is 2.19. The maximum Gasteiger partial charge on any atom is 0.148 e. The number of pyridine rings is 1. The molecule has 3 rings (SSSR count). The standard InChI is InChI=1S/C17H14BrN5/c18-15-11-21-23(12-15)9-7-13-3-5-16(6-4-13)22-17-14(10-19)2-1-8-20-17/h1-6,8,11-12H,7,9H2,(H,20,22). The molecule has 0 bridgehead atoms. The van der Waals surface area contributed by atoms with Crippen LogP contribution in [0, 0.1) is 11.3 Å². The highest BCUT2D eigenvalue weighted by molar-refractivity contribution is 9.10. The molecule has 5 nitrogen and oxygen atoms in total. The summed E-state index contributed by atoms with van der Waals surface area (Å²) in [4.78, 5) is 4.20. The second-order valence-corrected chi connectivity index (χ2v) is 5.92. The minimum Gasteiger partial charge on any atom is -0.339 e. The monoisotopic (exact) mass is 367 g/mol. The topological polar surface area (TPSA) is 66.5 Å². The lowest BCUT2D eigenvalue weighted by molar-refractivity contribution is 0.614. The number of nitrogens with zero attached hydrogens (tertiary/aromatic N) is 4. The molecule has 3 aromatic rings. The van der Waals surface area contributed by atoms with Gasteiger partial charge in [-0.25, -0.2) is 4.98 Å². The first-order chi connectivity index (χ1) is 11.2. The Labute approximate surface area is 142 Å². The Morgan fingerprint density at radius 2 is 2.04 bits per heavy atom. The molecule has 0 aliphatic heterocycles. The number of benzene rings is 1. The molecule has 0 saturated carbocycles. The Balaban J connectivity index is 1.64. The zero-order valence-electron chi connectivity index (χ0n) is 12.3. The van der Waals surface area contributed by atoms with Crippen LogP contribution in [0.3, 0.4) is 0 Å². The van der Waals surface area contributed by atoms with E-state index in [1.54, 1.807) is 24.5 Å². The van der Waals surface area contributed by atoms with Gasteiger partial charge >= 0.3 is 0 Å². The molecule has 23 heavy (non-hydrogen) atoms. The minimum absolute atomic E-state index is 0.529. The number of nitrogens with one attached hydrogen (secondary N) is 1. The Kier molecular flexibility index (Phi) is 4.69. The van der Waals surface area contributed by atoms with E-state index in [4.69, 9.17) is 5.26 Å². The summed E-state index contributed by atoms with van der Waals surface area (Å²) in [7, 11) is 0. The van der Waals surface area contributed by atoms with E-state index in [2.05, 4.69) is 49.5 Å². The summed E-state index contributed by atoms with van der Waals surface area (Å²) in [5.74, 6) is 0.573. The molecule has 0 aliphatic carbocycles. The highest BCUT2D eigenvalue weighted by atomic mass is 79.9. The number of aromatic nitrogens is 3. The molecule has 0 amide bonds. The van der Waals surface area contributed by atoms with Gasteiger partial charge in [0.05, 0.1) is 16.2 Å². The van der Waals surface area contributed by atoms with Gasteiger partial charge in [-0.3, -0.25) is 4.68 Å². The summed E-state index contributed by atoms with van der Waals surface area (Å²) in [5, 5.41) is 16.5. The van der Waals surface area contributed by atoms with Crippen LogP contribution in [0.25, 0.3) is 0 Å². The lowest BCUT2D eigenvalue weighted by Crippen LogP contribution is -2.01. The number of hydrogen-bond donors (Lipinski definition) is 1. The molecule has 2 aromatic heterocycles. The van der Waals surface area contributed by atoms with E-state index in [1.165, 1.54) is 5.56 Å². The van der Waals surface area contributed by atoms with E-state index >= 15 is 0 Å². The van der Waals surface area contributed by atoms with E-state index < -0.39 is 0 Å². The predicted octanol–water partition coefficient (Wildman–Crippen LogP) is 3.90. The van der Waals surface area contributed by atoms with Gasteiger partial charge in [0.1, 0.15) is 11.9 Å². The van der Waals surface area contributed by atoms with Crippen LogP contribution in [0.15, 0.2) is 59.5 Å². The summed E-state index contributed by atoms with van der Waals surface area (Å²) < 4.78 is 2.89. The molecule has 0 atom stereocenters. The fourth-order valence-corrected chi connectivity index (χ4v) is 2.52. The second kappa shape index (κ2) is 7.07. The first-order valence-electron chi connectivity index (χ1n) is 7.13. The third-order valence-corrected chi connectivity index (χ3v) is 3.79. The van der Waals surface area contributed by atoms with Crippen molar-refractivity contribution in [3.05, 3.63) is 70.6 Å². The highest BCUT2D eigenvalue weighted by Crippen LogP contribution is 2.18. The Morgan fingerprint density at radius 1 is 1.22 bits per heavy atom. The smallest absolute Gasteiger partial charge is 0.148 e. The largest absolute Gasteiger partial charge is 0.339 e. The van der Waals surface area contributed by atoms with Crippen LogP contribution in [0.5, 0.6) is 0 Å². The van der Waals surface area contributed by atoms with Crippen molar-refractivity contribution >= 4 is 27.4 Å². The summed E-state index contributed by atoms with van der Waals surface area (Å²) in [5.41, 5.74) is 2.66. The normalized spacial score (nSPS) is 10.3. The Bertz CT molecular complexity index is 833. The molecule has 114 valence electrons. The van der Waals surface area contributed by atoms with Gasteiger partial charge in [0, 0.05) is 24.6 Å². The molecule has 0 fully saturated rings. The first kappa shape index (κ1) is 15.3. The number of anilines is 2. The van der Waals surface area contributed by atoms with Crippen LogP contribution in [0.1, 0.15) is 11.1 Å². The molecule has 0 aliphatic rings. The molecular weight excluding hydrogens is 354 g/mol. The minimum atomic E-state index is 0.529. The van der Waals surface area contributed by atoms with Gasteiger partial charge in [-0.05, 0) is 52.2 Å². The summed E-state index contributed by atoms with van der Waals surface area (Å²) in [6.45, 7) is 0.831. The number of halogens is 1. The zero-order valence-corrected chi connectivity index (χ0v) is 13.9. The van der Waals surface area contributed by atoms with Gasteiger partial charge in [0.25, 0.3) is 0 Å². The second-order valence-electron chi connectivity index (χ2n) is 5.00. The van der Waals surface area contributed by atoms with E-state index in [9.17, 15) is 0 Å². The van der Waals surface area contributed by atoms with Crippen molar-refractivity contribution in [3.63, 3.8) is 0 Å². The van der Waals surface area contributed by atoms with Crippen LogP contribution in [-0.2, 0) is 13.0 Å². The van der Waals surface area contributed by atoms with Crippen LogP contribution in [0.4, 0.5) is 11.5 Å². The average molecular weight is 368 g/mol. The van der Waals surface area contributed by atoms with E-state index in [0.717, 1.165) is 23.1 Å². The lowest BCUT2D eigenvalue weighted by Gasteiger charge is -2.08. The molecule has 1 N–H and O–H groups in total. The molecule has 0 saturated heterocycles. The number of nitriles is 1. The van der Waals surface area contributed by atoms with Crippen molar-refractivity contribution in [2.24, 2.45) is 0 Å². The van der Waals surface area contributed by atoms with E-state index in [1.807, 2.05) is 23.0 Å². The van der Waals surface area contributed by atoms with Crippen LogP contribution in [-0.4, -0.2) is 14.8 Å². The van der Waals surface area contributed by atoms with Crippen molar-refractivity contribution in [2.45, 2.75) is 13.0 Å². The molecule has 0 unspecified atom stereocenters. The third kappa shape index (κ3) is 3.96. The summed E-state index contributed by atoms with van der Waals surface area (Å²) >= 11 is 3.39. The van der Waals surface area contributed by atoms with Crippen molar-refractivity contribution in [2.75, 3.05) is 5.32 Å². The van der Waals surface area contributed by atoms with Crippen molar-refractivity contribution in [1.29, 1.82) is 5.26 Å². The maximum atomic E-state index is 9.08. The maximum absolute atomic E-state index is 9.08. The number of aryl methyl sites for hydroxylation is 2. The zero-order chi connectivity index (χ0) is 16.1. The summed E-state index contributed by atoms with van der Waals surface area (Å²) in [6, 6.07) is 13.7. The molecule has 0 radical (unpaired) electrons. The van der Waals surface area contributed by atoms with Crippen LogP contribution < -0.4 is 5.32 Å². The molecular formula is C17H14BrN5. The molecule has 6 heteroatoms. The van der Waals surface area contributed by atoms with Gasteiger partial charge in [0.15, 0.2) is 0 Å². The van der Waals surface area contributed by atoms with Crippen LogP contribution >= 0.6 is 15.9 Å². The average Bonchev–Trinajstić information content (AvgIpc) is 3.00. The third-order valence-electron chi connectivity index (χ3n) is 3.38. The van der Waals surface area contributed by atoms with Gasteiger partial charge in [0.2, 0.25) is 0 Å². The Morgan fingerprint density at radius 3 is 2.74 bits per heavy atom. The molecule has 1 aromatic carbocycles. The van der Waals surface area contributed by atoms with Crippen molar-refractivity contribution in [1.82, 2.24) is 14.8 Å². The molecule has 0 spiro atoms. The van der Waals surface area contributed by atoms with Gasteiger partial charge in [-0.1, -0.05) is 12.1 Å². The number of hydrogen-bond acceptors (Lipinski definition) is 4. The lowest BCUT2D eigenvalue weighted by atomic mass is 10.1. The predicted molar refractivity (Wildman–Crippen MR) is 92.3 cm³/mol. The van der Waals surface area contributed by atoms with E-state index in [0.29, 0.717) is 11.4 Å². The van der Waals surface area contributed by atoms with Gasteiger partial charge in [-0.2, -0.15) is 10.4 Å². The van der Waals surface area contributed by atoms with E-state index in [-0.39, 0.29) is 0 Å². The van der Waals surface area contributed by atoms with Crippen molar-refractivity contribution < 1.29 is 0 Å². The van der Waals surface area contributed by atoms with Gasteiger partial charge in [-0.15, -0.1) is 0 Å². The quantitative estimate of drug-likeness (QED) is 0.742. The van der Waals surface area contributed by atoms with Crippen LogP contribution in [0.2, 0.25) is 0 Å². The Hall–Kier alpha value is -2.65. The van der Waals surface area contributed by atoms with Gasteiger partial charge < -0.3 is 5.32 Å².